The number of anilines is 1. The number of ether oxygens (including phenoxy) is 1. The predicted molar refractivity (Wildman–Crippen MR) is 137 cm³/mol. The molecule has 2 aromatic heterocycles. The first-order chi connectivity index (χ1) is 17.6. The van der Waals surface area contributed by atoms with Crippen LogP contribution in [0, 0.1) is 11.8 Å². The first kappa shape index (κ1) is 24.1. The summed E-state index contributed by atoms with van der Waals surface area (Å²) in [6, 6.07) is 12.3. The molecule has 0 aliphatic heterocycles. The van der Waals surface area contributed by atoms with Crippen molar-refractivity contribution < 1.29 is 19.1 Å². The quantitative estimate of drug-likeness (QED) is 0.437. The van der Waals surface area contributed by atoms with E-state index in [1.807, 2.05) is 12.1 Å². The Labute approximate surface area is 210 Å². The molecule has 0 unspecified atom stereocenters. The molecule has 0 atom stereocenters. The van der Waals surface area contributed by atoms with Crippen molar-refractivity contribution in [2.45, 2.75) is 58.0 Å². The maximum atomic E-state index is 13.4. The molecule has 0 spiro atoms. The minimum Gasteiger partial charge on any atom is -0.505 e. The molecular weight excluding hydrogens is 456 g/mol. The van der Waals surface area contributed by atoms with E-state index in [1.165, 1.54) is 11.0 Å². The summed E-state index contributed by atoms with van der Waals surface area (Å²) >= 11 is 0. The normalized spacial score (nSPS) is 16.3. The predicted octanol–water partition coefficient (Wildman–Crippen LogP) is 5.70. The summed E-state index contributed by atoms with van der Waals surface area (Å²) in [5.41, 5.74) is 0.875. The Kier molecular flexibility index (Phi) is 7.35. The van der Waals surface area contributed by atoms with Crippen LogP contribution in [0.5, 0.6) is 11.5 Å². The Balaban J connectivity index is 1.36. The number of hydrogen-bond donors (Lipinski definition) is 1. The summed E-state index contributed by atoms with van der Waals surface area (Å²) in [7, 11) is 0. The molecule has 2 aliphatic carbocycles. The monoisotopic (exact) mass is 488 g/mol. The van der Waals surface area contributed by atoms with Crippen molar-refractivity contribution in [1.29, 1.82) is 0 Å². The smallest absolute Gasteiger partial charge is 0.364 e. The summed E-state index contributed by atoms with van der Waals surface area (Å²) in [5, 5.41) is 10.9. The van der Waals surface area contributed by atoms with Crippen LogP contribution in [0.25, 0.3) is 11.3 Å². The van der Waals surface area contributed by atoms with Crippen LogP contribution in [0.3, 0.4) is 0 Å². The van der Waals surface area contributed by atoms with Crippen LogP contribution in [0.1, 0.15) is 56.9 Å². The second-order valence-electron chi connectivity index (χ2n) is 9.89. The van der Waals surface area contributed by atoms with E-state index in [0.29, 0.717) is 30.4 Å². The van der Waals surface area contributed by atoms with Gasteiger partial charge in [-0.1, -0.05) is 31.7 Å². The van der Waals surface area contributed by atoms with Crippen LogP contribution in [0.2, 0.25) is 0 Å². The molecule has 1 aromatic carbocycles. The first-order valence-corrected chi connectivity index (χ1v) is 12.9. The number of pyridine rings is 1. The van der Waals surface area contributed by atoms with Gasteiger partial charge in [0.2, 0.25) is 5.91 Å². The van der Waals surface area contributed by atoms with Gasteiger partial charge < -0.3 is 19.2 Å². The number of aromatic nitrogens is 1. The van der Waals surface area contributed by atoms with Crippen LogP contribution < -0.4 is 15.3 Å². The van der Waals surface area contributed by atoms with Gasteiger partial charge in [0, 0.05) is 42.0 Å². The number of hydrogen-bond acceptors (Lipinski definition) is 6. The number of carbonyl (C=O) groups is 1. The first-order valence-electron chi connectivity index (χ1n) is 12.9. The Bertz CT molecular complexity index is 1230. The highest BCUT2D eigenvalue weighted by molar-refractivity contribution is 5.96. The molecule has 0 saturated heterocycles. The topological polar surface area (TPSA) is 92.9 Å². The molecule has 188 valence electrons. The number of nitrogens with zero attached hydrogens (tertiary/aromatic N) is 2. The molecule has 1 amide bonds. The lowest BCUT2D eigenvalue weighted by Crippen LogP contribution is -2.41. The highest BCUT2D eigenvalue weighted by Crippen LogP contribution is 2.35. The molecular formula is C29H32N2O5. The SMILES string of the molecule is O=C(C1CCCC1)N(CC1CCCC1)c1c(O)cc(-c2ccc(OCc3cccnc3)cc2)oc1=O. The lowest BCUT2D eigenvalue weighted by molar-refractivity contribution is -0.122. The van der Waals surface area contributed by atoms with E-state index in [-0.39, 0.29) is 29.0 Å². The fourth-order valence-corrected chi connectivity index (χ4v) is 5.37. The van der Waals surface area contributed by atoms with Gasteiger partial charge in [-0.25, -0.2) is 4.79 Å². The number of amides is 1. The lowest BCUT2D eigenvalue weighted by Gasteiger charge is -2.28. The molecule has 7 heteroatoms. The van der Waals surface area contributed by atoms with Crippen LogP contribution >= 0.6 is 0 Å². The van der Waals surface area contributed by atoms with Gasteiger partial charge in [-0.3, -0.25) is 9.78 Å². The van der Waals surface area contributed by atoms with E-state index in [0.717, 1.165) is 56.9 Å². The third-order valence-corrected chi connectivity index (χ3v) is 7.33. The fourth-order valence-electron chi connectivity index (χ4n) is 5.37. The molecule has 36 heavy (non-hydrogen) atoms. The summed E-state index contributed by atoms with van der Waals surface area (Å²) in [6.45, 7) is 0.847. The van der Waals surface area contributed by atoms with Crippen molar-refractivity contribution in [3.8, 4) is 22.8 Å². The Morgan fingerprint density at radius 1 is 1.06 bits per heavy atom. The van der Waals surface area contributed by atoms with Crippen LogP contribution in [0.15, 0.2) is 64.1 Å². The van der Waals surface area contributed by atoms with E-state index in [1.54, 1.807) is 36.7 Å². The van der Waals surface area contributed by atoms with Crippen molar-refractivity contribution in [3.05, 3.63) is 70.8 Å². The van der Waals surface area contributed by atoms with Gasteiger partial charge in [-0.05, 0) is 61.9 Å². The molecule has 2 aliphatic rings. The third kappa shape index (κ3) is 5.45. The van der Waals surface area contributed by atoms with Gasteiger partial charge in [-0.2, -0.15) is 0 Å². The lowest BCUT2D eigenvalue weighted by atomic mass is 10.0. The zero-order valence-electron chi connectivity index (χ0n) is 20.4. The van der Waals surface area contributed by atoms with Gasteiger partial charge >= 0.3 is 5.63 Å². The van der Waals surface area contributed by atoms with Gasteiger partial charge in [0.15, 0.2) is 11.4 Å². The number of aromatic hydroxyl groups is 1. The molecule has 2 heterocycles. The van der Waals surface area contributed by atoms with Crippen LogP contribution in [0.4, 0.5) is 5.69 Å². The van der Waals surface area contributed by atoms with E-state index in [4.69, 9.17) is 9.15 Å². The summed E-state index contributed by atoms with van der Waals surface area (Å²) in [6.07, 6.45) is 11.5. The second kappa shape index (κ2) is 11.0. The number of rotatable bonds is 8. The summed E-state index contributed by atoms with van der Waals surface area (Å²) in [4.78, 5) is 32.2. The zero-order chi connectivity index (χ0) is 24.9. The van der Waals surface area contributed by atoms with Crippen LogP contribution in [-0.4, -0.2) is 22.5 Å². The molecule has 5 rings (SSSR count). The summed E-state index contributed by atoms with van der Waals surface area (Å²) < 4.78 is 11.4. The molecule has 0 bridgehead atoms. The average molecular weight is 489 g/mol. The highest BCUT2D eigenvalue weighted by atomic mass is 16.5. The van der Waals surface area contributed by atoms with E-state index in [9.17, 15) is 14.7 Å². The summed E-state index contributed by atoms with van der Waals surface area (Å²) in [5.74, 6) is 0.870. The van der Waals surface area contributed by atoms with E-state index in [2.05, 4.69) is 4.98 Å². The van der Waals surface area contributed by atoms with Gasteiger partial charge in [0.05, 0.1) is 0 Å². The molecule has 0 radical (unpaired) electrons. The zero-order valence-corrected chi connectivity index (χ0v) is 20.4. The Hall–Kier alpha value is -3.61. The Morgan fingerprint density at radius 3 is 2.44 bits per heavy atom. The molecule has 2 fully saturated rings. The molecule has 3 aromatic rings. The van der Waals surface area contributed by atoms with Crippen LogP contribution in [-0.2, 0) is 11.4 Å². The van der Waals surface area contributed by atoms with E-state index >= 15 is 0 Å². The van der Waals surface area contributed by atoms with Crippen molar-refractivity contribution in [2.24, 2.45) is 11.8 Å². The van der Waals surface area contributed by atoms with Crippen molar-refractivity contribution in [1.82, 2.24) is 4.98 Å². The third-order valence-electron chi connectivity index (χ3n) is 7.33. The van der Waals surface area contributed by atoms with Gasteiger partial charge in [-0.15, -0.1) is 0 Å². The highest BCUT2D eigenvalue weighted by Gasteiger charge is 2.33. The van der Waals surface area contributed by atoms with Gasteiger partial charge in [0.25, 0.3) is 0 Å². The Morgan fingerprint density at radius 2 is 1.78 bits per heavy atom. The minimum absolute atomic E-state index is 0.0287. The van der Waals surface area contributed by atoms with Gasteiger partial charge in [0.1, 0.15) is 18.1 Å². The maximum Gasteiger partial charge on any atom is 0.364 e. The van der Waals surface area contributed by atoms with Crippen molar-refractivity contribution in [3.63, 3.8) is 0 Å². The number of carbonyl (C=O) groups excluding carboxylic acids is 1. The molecule has 2 saturated carbocycles. The molecule has 1 N–H and O–H groups in total. The minimum atomic E-state index is -0.689. The number of benzene rings is 1. The fraction of sp³-hybridized carbons (Fsp3) is 0.414. The average Bonchev–Trinajstić information content (AvgIpc) is 3.62. The van der Waals surface area contributed by atoms with Crippen molar-refractivity contribution >= 4 is 11.6 Å². The largest absolute Gasteiger partial charge is 0.505 e. The molecule has 7 nitrogen and oxygen atoms in total. The standard InChI is InChI=1S/C29H32N2O5/c32-25-16-26(22-11-13-24(14-12-22)35-19-21-8-5-15-30-17-21)36-29(34)27(25)31(18-20-6-1-2-7-20)28(33)23-9-3-4-10-23/h5,8,11-17,20,23,32H,1-4,6-7,9-10,18-19H2. The van der Waals surface area contributed by atoms with Crippen molar-refractivity contribution in [2.75, 3.05) is 11.4 Å². The second-order valence-corrected chi connectivity index (χ2v) is 9.89. The van der Waals surface area contributed by atoms with E-state index < -0.39 is 5.63 Å². The maximum absolute atomic E-state index is 13.4.